The molecule has 0 aliphatic rings. The number of hydrogen-bond donors (Lipinski definition) is 6. The van der Waals surface area contributed by atoms with Crippen LogP contribution in [0.15, 0.2) is 108 Å². The number of benzene rings is 4. The maximum atomic E-state index is 13.5. The Morgan fingerprint density at radius 2 is 1.67 bits per heavy atom. The number of aromatic amines is 1. The molecule has 266 valence electrons. The van der Waals surface area contributed by atoms with Crippen LogP contribution in [-0.4, -0.2) is 77.1 Å². The number of phenols is 1. The first-order valence-corrected chi connectivity index (χ1v) is 16.6. The zero-order valence-electron chi connectivity index (χ0n) is 28.2. The van der Waals surface area contributed by atoms with Gasteiger partial charge in [0, 0.05) is 43.8 Å². The third-order valence-corrected chi connectivity index (χ3v) is 8.44. The van der Waals surface area contributed by atoms with E-state index in [1.807, 2.05) is 66.7 Å². The number of carbonyl (C=O) groups excluding carboxylic acids is 1. The lowest BCUT2D eigenvalue weighted by Crippen LogP contribution is -2.36. The lowest BCUT2D eigenvalue weighted by Gasteiger charge is -2.23. The molecule has 0 radical (unpaired) electrons. The summed E-state index contributed by atoms with van der Waals surface area (Å²) in [7, 11) is 1.59. The summed E-state index contributed by atoms with van der Waals surface area (Å²) in [6, 6.07) is 29.3. The molecule has 4 aromatic carbocycles. The van der Waals surface area contributed by atoms with Crippen molar-refractivity contribution in [1.29, 1.82) is 0 Å². The van der Waals surface area contributed by atoms with Gasteiger partial charge in [0.25, 0.3) is 5.91 Å². The van der Waals surface area contributed by atoms with Gasteiger partial charge in [-0.15, -0.1) is 0 Å². The van der Waals surface area contributed by atoms with Crippen LogP contribution in [0.5, 0.6) is 11.5 Å². The number of aliphatic hydroxyl groups excluding tert-OH is 1. The monoisotopic (exact) mass is 694 g/mol. The smallest absolute Gasteiger partial charge is 0.405 e. The molecule has 5 rings (SSSR count). The summed E-state index contributed by atoms with van der Waals surface area (Å²) >= 11 is 0. The van der Waals surface area contributed by atoms with E-state index in [0.29, 0.717) is 54.9 Å². The van der Waals surface area contributed by atoms with Gasteiger partial charge in [-0.25, -0.2) is 4.79 Å². The lowest BCUT2D eigenvalue weighted by molar-refractivity contribution is 0.0692. The fourth-order valence-electron chi connectivity index (χ4n) is 5.81. The summed E-state index contributed by atoms with van der Waals surface area (Å²) in [5.74, 6) is 0.387. The minimum atomic E-state index is -1.13. The maximum Gasteiger partial charge on any atom is 0.405 e. The number of phenolic OH excluding ortho intramolecular Hbond substituents is 1. The number of carbonyl (C=O) groups is 2. The molecule has 0 spiro atoms. The fraction of sp³-hybridized carbons (Fsp3) is 0.256. The molecule has 1 unspecified atom stereocenters. The van der Waals surface area contributed by atoms with Gasteiger partial charge in [0.2, 0.25) is 5.56 Å². The van der Waals surface area contributed by atoms with Crippen LogP contribution in [0.1, 0.15) is 51.2 Å². The van der Waals surface area contributed by atoms with Crippen LogP contribution in [0.4, 0.5) is 4.79 Å². The lowest BCUT2D eigenvalue weighted by atomic mass is 9.98. The van der Waals surface area contributed by atoms with Gasteiger partial charge < -0.3 is 45.3 Å². The summed E-state index contributed by atoms with van der Waals surface area (Å²) in [4.78, 5) is 41.0. The number of amides is 2. The molecule has 12 heteroatoms. The Labute approximate surface area is 295 Å². The van der Waals surface area contributed by atoms with Gasteiger partial charge in [0.05, 0.1) is 24.3 Å². The topological polar surface area (TPSA) is 173 Å². The number of fused-ring (bicyclic) bond motifs is 1. The molecule has 1 aromatic heterocycles. The molecular formula is C39H42N4O8. The molecule has 0 aliphatic carbocycles. The third kappa shape index (κ3) is 9.94. The van der Waals surface area contributed by atoms with Crippen molar-refractivity contribution in [1.82, 2.24) is 20.5 Å². The normalized spacial score (nSPS) is 12.3. The quantitative estimate of drug-likeness (QED) is 0.0735. The Bertz CT molecular complexity index is 1970. The highest BCUT2D eigenvalue weighted by molar-refractivity contribution is 5.94. The SMILES string of the molecule is COCCN(CCCNC[C@@H](O)c1ccc(O)c2[nH]c(=O)ccc12)C(=O)c1ccc(COc2cccc(C(NC(=O)O)c3ccccc3)c2)cc1. The number of aromatic hydroxyl groups is 1. The standard InChI is InChI=1S/C39H42N4O8/c1-50-22-21-43(20-6-19-40-24-34(45)31-15-17-33(44)37-32(31)16-18-35(46)41-37)38(47)28-13-11-26(12-14-28)25-51-30-10-5-9-29(23-30)36(42-39(48)49)27-7-3-2-4-8-27/h2-5,7-18,23,34,36,40,42,44-45H,6,19-22,24-25H2,1H3,(H,41,46)(H,48,49)/t34-,36?/m1/s1. The molecule has 0 fully saturated rings. The summed E-state index contributed by atoms with van der Waals surface area (Å²) in [5, 5.41) is 36.7. The zero-order valence-corrected chi connectivity index (χ0v) is 28.2. The van der Waals surface area contributed by atoms with E-state index in [-0.39, 0.29) is 35.9 Å². The molecule has 12 nitrogen and oxygen atoms in total. The van der Waals surface area contributed by atoms with E-state index in [1.54, 1.807) is 36.3 Å². The van der Waals surface area contributed by atoms with Gasteiger partial charge in [-0.05, 0) is 71.6 Å². The molecule has 51 heavy (non-hydrogen) atoms. The van der Waals surface area contributed by atoms with Crippen LogP contribution in [-0.2, 0) is 11.3 Å². The van der Waals surface area contributed by atoms with E-state index >= 15 is 0 Å². The van der Waals surface area contributed by atoms with Crippen LogP contribution < -0.4 is 20.9 Å². The maximum absolute atomic E-state index is 13.5. The second-order valence-corrected chi connectivity index (χ2v) is 12.0. The fourth-order valence-corrected chi connectivity index (χ4v) is 5.81. The number of hydrogen-bond acceptors (Lipinski definition) is 8. The van der Waals surface area contributed by atoms with E-state index in [4.69, 9.17) is 9.47 Å². The number of rotatable bonds is 17. The first-order chi connectivity index (χ1) is 24.7. The summed E-state index contributed by atoms with van der Waals surface area (Å²) in [6.07, 6.45) is -1.37. The van der Waals surface area contributed by atoms with Crippen LogP contribution in [0.2, 0.25) is 0 Å². The molecule has 1 heterocycles. The molecule has 0 saturated heterocycles. The number of ether oxygens (including phenoxy) is 2. The summed E-state index contributed by atoms with van der Waals surface area (Å²) < 4.78 is 11.3. The van der Waals surface area contributed by atoms with Crippen molar-refractivity contribution in [3.05, 3.63) is 141 Å². The number of nitrogens with zero attached hydrogens (tertiary/aromatic N) is 1. The zero-order chi connectivity index (χ0) is 36.2. The van der Waals surface area contributed by atoms with E-state index in [1.165, 1.54) is 12.1 Å². The Hall–Kier alpha value is -5.69. The Balaban J connectivity index is 1.13. The third-order valence-electron chi connectivity index (χ3n) is 8.44. The van der Waals surface area contributed by atoms with Gasteiger partial charge in [0.1, 0.15) is 18.1 Å². The summed E-state index contributed by atoms with van der Waals surface area (Å²) in [6.45, 7) is 2.30. The Morgan fingerprint density at radius 3 is 2.41 bits per heavy atom. The number of pyridine rings is 1. The van der Waals surface area contributed by atoms with E-state index in [9.17, 15) is 29.7 Å². The molecule has 2 atom stereocenters. The Morgan fingerprint density at radius 1 is 0.902 bits per heavy atom. The van der Waals surface area contributed by atoms with E-state index in [2.05, 4.69) is 15.6 Å². The minimum Gasteiger partial charge on any atom is -0.506 e. The van der Waals surface area contributed by atoms with Crippen LogP contribution >= 0.6 is 0 Å². The predicted octanol–water partition coefficient (Wildman–Crippen LogP) is 4.97. The highest BCUT2D eigenvalue weighted by Crippen LogP contribution is 2.29. The van der Waals surface area contributed by atoms with Crippen molar-refractivity contribution in [3.8, 4) is 11.5 Å². The van der Waals surface area contributed by atoms with Crippen LogP contribution in [0, 0.1) is 0 Å². The number of aromatic nitrogens is 1. The molecule has 6 N–H and O–H groups in total. The second-order valence-electron chi connectivity index (χ2n) is 12.0. The molecular weight excluding hydrogens is 652 g/mol. The summed E-state index contributed by atoms with van der Waals surface area (Å²) in [5.41, 5.74) is 3.46. The molecule has 0 bridgehead atoms. The average Bonchev–Trinajstić information content (AvgIpc) is 3.14. The largest absolute Gasteiger partial charge is 0.506 e. The number of methoxy groups -OCH3 is 1. The first-order valence-electron chi connectivity index (χ1n) is 16.6. The number of nitrogens with one attached hydrogen (secondary N) is 3. The number of carboxylic acid groups (broad SMARTS) is 1. The van der Waals surface area contributed by atoms with Crippen molar-refractivity contribution in [3.63, 3.8) is 0 Å². The minimum absolute atomic E-state index is 0.0668. The number of H-pyrrole nitrogens is 1. The van der Waals surface area contributed by atoms with Gasteiger partial charge >= 0.3 is 6.09 Å². The van der Waals surface area contributed by atoms with Crippen LogP contribution in [0.25, 0.3) is 10.9 Å². The van der Waals surface area contributed by atoms with Crippen molar-refractivity contribution < 1.29 is 34.4 Å². The molecule has 5 aromatic rings. The first kappa shape index (κ1) is 36.6. The Kier molecular flexibility index (Phi) is 12.8. The second kappa shape index (κ2) is 17.8. The molecule has 0 aliphatic heterocycles. The molecule has 0 saturated carbocycles. The van der Waals surface area contributed by atoms with Gasteiger partial charge in [0.15, 0.2) is 0 Å². The van der Waals surface area contributed by atoms with Crippen molar-refractivity contribution in [2.45, 2.75) is 25.2 Å². The highest BCUT2D eigenvalue weighted by atomic mass is 16.5. The van der Waals surface area contributed by atoms with E-state index in [0.717, 1.165) is 16.7 Å². The van der Waals surface area contributed by atoms with Gasteiger partial charge in [-0.2, -0.15) is 0 Å². The molecule has 2 amide bonds. The van der Waals surface area contributed by atoms with Gasteiger partial charge in [-0.3, -0.25) is 9.59 Å². The predicted molar refractivity (Wildman–Crippen MR) is 193 cm³/mol. The van der Waals surface area contributed by atoms with Crippen molar-refractivity contribution in [2.24, 2.45) is 0 Å². The van der Waals surface area contributed by atoms with Gasteiger partial charge in [-0.1, -0.05) is 60.7 Å². The van der Waals surface area contributed by atoms with E-state index < -0.39 is 18.2 Å². The average molecular weight is 695 g/mol. The van der Waals surface area contributed by atoms with Crippen molar-refractivity contribution >= 4 is 22.9 Å². The van der Waals surface area contributed by atoms with Crippen molar-refractivity contribution in [2.75, 3.05) is 39.9 Å². The highest BCUT2D eigenvalue weighted by Gasteiger charge is 2.19. The van der Waals surface area contributed by atoms with Crippen LogP contribution in [0.3, 0.4) is 0 Å². The number of aliphatic hydroxyl groups is 1.